The van der Waals surface area contributed by atoms with Crippen LogP contribution >= 0.6 is 27.5 Å². The Kier molecular flexibility index (Phi) is 4.62. The third-order valence-corrected chi connectivity index (χ3v) is 3.91. The topological polar surface area (TPSA) is 55.9 Å². The lowest BCUT2D eigenvalue weighted by atomic mass is 9.99. The van der Waals surface area contributed by atoms with E-state index in [0.717, 1.165) is 27.8 Å². The minimum absolute atomic E-state index is 0.188. The second kappa shape index (κ2) is 6.05. The van der Waals surface area contributed by atoms with Crippen molar-refractivity contribution in [2.75, 3.05) is 0 Å². The molecule has 2 aromatic rings. The second-order valence-corrected chi connectivity index (χ2v) is 5.62. The maximum Gasteiger partial charge on any atom is 0.0896 e. The van der Waals surface area contributed by atoms with E-state index in [2.05, 4.69) is 26.5 Å². The van der Waals surface area contributed by atoms with Crippen LogP contribution in [0.25, 0.3) is 0 Å². The number of rotatable bonds is 4. The number of nitrogens with two attached hydrogens (primary N) is 1. The summed E-state index contributed by atoms with van der Waals surface area (Å²) in [4.78, 5) is 0. The maximum atomic E-state index is 6.25. The highest BCUT2D eigenvalue weighted by atomic mass is 79.9. The Balaban J connectivity index is 2.56. The number of aryl methyl sites for hydroxylation is 2. The van der Waals surface area contributed by atoms with Crippen molar-refractivity contribution in [2.24, 2.45) is 5.84 Å². The lowest BCUT2D eigenvalue weighted by Gasteiger charge is -2.20. The summed E-state index contributed by atoms with van der Waals surface area (Å²) in [5, 5.41) is 4.87. The van der Waals surface area contributed by atoms with Crippen molar-refractivity contribution in [1.82, 2.24) is 15.2 Å². The SMILES string of the molecule is CCn1ncc(Cl)c1C(NN)c1cc(Br)ccc1C. The first-order chi connectivity index (χ1) is 9.08. The van der Waals surface area contributed by atoms with Crippen molar-refractivity contribution in [2.45, 2.75) is 26.4 Å². The summed E-state index contributed by atoms with van der Waals surface area (Å²) in [6, 6.07) is 5.91. The van der Waals surface area contributed by atoms with Crippen molar-refractivity contribution < 1.29 is 0 Å². The monoisotopic (exact) mass is 342 g/mol. The molecule has 2 rings (SSSR count). The van der Waals surface area contributed by atoms with Crippen LogP contribution in [0.4, 0.5) is 0 Å². The molecule has 0 aliphatic heterocycles. The lowest BCUT2D eigenvalue weighted by molar-refractivity contribution is 0.542. The largest absolute Gasteiger partial charge is 0.271 e. The van der Waals surface area contributed by atoms with E-state index < -0.39 is 0 Å². The van der Waals surface area contributed by atoms with Crippen molar-refractivity contribution in [3.05, 3.63) is 50.7 Å². The molecule has 0 saturated heterocycles. The molecule has 0 amide bonds. The molecule has 1 aromatic heterocycles. The Bertz CT molecular complexity index is 582. The van der Waals surface area contributed by atoms with Gasteiger partial charge in [0.1, 0.15) is 0 Å². The van der Waals surface area contributed by atoms with Crippen LogP contribution in [0.3, 0.4) is 0 Å². The molecule has 4 nitrogen and oxygen atoms in total. The highest BCUT2D eigenvalue weighted by Crippen LogP contribution is 2.31. The number of hydrogen-bond acceptors (Lipinski definition) is 3. The van der Waals surface area contributed by atoms with Crippen LogP contribution in [-0.4, -0.2) is 9.78 Å². The molecule has 0 fully saturated rings. The summed E-state index contributed by atoms with van der Waals surface area (Å²) < 4.78 is 2.86. The third-order valence-electron chi connectivity index (χ3n) is 3.13. The zero-order chi connectivity index (χ0) is 14.0. The zero-order valence-corrected chi connectivity index (χ0v) is 13.2. The summed E-state index contributed by atoms with van der Waals surface area (Å²) in [7, 11) is 0. The van der Waals surface area contributed by atoms with Crippen LogP contribution in [0.1, 0.15) is 29.8 Å². The number of halogens is 2. The first-order valence-corrected chi connectivity index (χ1v) is 7.19. The fourth-order valence-electron chi connectivity index (χ4n) is 2.15. The van der Waals surface area contributed by atoms with Gasteiger partial charge in [-0.2, -0.15) is 5.10 Å². The van der Waals surface area contributed by atoms with Crippen molar-refractivity contribution in [1.29, 1.82) is 0 Å². The van der Waals surface area contributed by atoms with Crippen molar-refractivity contribution in [3.63, 3.8) is 0 Å². The molecule has 1 unspecified atom stereocenters. The molecular weight excluding hydrogens is 328 g/mol. The van der Waals surface area contributed by atoms with Gasteiger partial charge in [0.25, 0.3) is 0 Å². The van der Waals surface area contributed by atoms with Gasteiger partial charge in [-0.05, 0) is 37.1 Å². The van der Waals surface area contributed by atoms with E-state index in [1.54, 1.807) is 6.20 Å². The average molecular weight is 344 g/mol. The van der Waals surface area contributed by atoms with E-state index in [-0.39, 0.29) is 6.04 Å². The highest BCUT2D eigenvalue weighted by Gasteiger charge is 2.22. The Morgan fingerprint density at radius 1 is 1.53 bits per heavy atom. The van der Waals surface area contributed by atoms with E-state index in [4.69, 9.17) is 17.4 Å². The Morgan fingerprint density at radius 2 is 2.26 bits per heavy atom. The summed E-state index contributed by atoms with van der Waals surface area (Å²) in [6.07, 6.45) is 1.65. The van der Waals surface area contributed by atoms with Gasteiger partial charge in [0.05, 0.1) is 23.0 Å². The fraction of sp³-hybridized carbons (Fsp3) is 0.308. The summed E-state index contributed by atoms with van der Waals surface area (Å²) in [5.74, 6) is 5.74. The number of hydrogen-bond donors (Lipinski definition) is 2. The molecule has 6 heteroatoms. The van der Waals surface area contributed by atoms with Gasteiger partial charge in [-0.3, -0.25) is 10.5 Å². The van der Waals surface area contributed by atoms with Crippen LogP contribution in [0.5, 0.6) is 0 Å². The highest BCUT2D eigenvalue weighted by molar-refractivity contribution is 9.10. The predicted octanol–water partition coefficient (Wildman–Crippen LogP) is 3.18. The molecular formula is C13H16BrClN4. The molecule has 19 heavy (non-hydrogen) atoms. The van der Waals surface area contributed by atoms with E-state index in [0.29, 0.717) is 5.02 Å². The number of aromatic nitrogens is 2. The van der Waals surface area contributed by atoms with Gasteiger partial charge in [-0.15, -0.1) is 0 Å². The van der Waals surface area contributed by atoms with Gasteiger partial charge < -0.3 is 0 Å². The fourth-order valence-corrected chi connectivity index (χ4v) is 2.78. The molecule has 0 bridgehead atoms. The van der Waals surface area contributed by atoms with E-state index in [1.807, 2.05) is 36.7 Å². The first-order valence-electron chi connectivity index (χ1n) is 6.01. The second-order valence-electron chi connectivity index (χ2n) is 4.29. The molecule has 1 heterocycles. The van der Waals surface area contributed by atoms with Crippen LogP contribution in [0.15, 0.2) is 28.9 Å². The maximum absolute atomic E-state index is 6.25. The Labute approximate surface area is 126 Å². The summed E-state index contributed by atoms with van der Waals surface area (Å²) >= 11 is 9.74. The normalized spacial score (nSPS) is 12.7. The molecule has 0 aliphatic carbocycles. The standard InChI is InChI=1S/C13H16BrClN4/c1-3-19-13(11(15)7-17-19)12(18-16)10-6-9(14)5-4-8(10)2/h4-7,12,18H,3,16H2,1-2H3. The lowest BCUT2D eigenvalue weighted by Crippen LogP contribution is -2.31. The first kappa shape index (κ1) is 14.5. The molecule has 3 N–H and O–H groups in total. The smallest absolute Gasteiger partial charge is 0.0896 e. The molecule has 0 aliphatic rings. The van der Waals surface area contributed by atoms with Gasteiger partial charge in [0, 0.05) is 11.0 Å². The van der Waals surface area contributed by atoms with Gasteiger partial charge >= 0.3 is 0 Å². The van der Waals surface area contributed by atoms with Crippen LogP contribution in [-0.2, 0) is 6.54 Å². The van der Waals surface area contributed by atoms with Gasteiger partial charge in [-0.1, -0.05) is 33.6 Å². The molecule has 0 saturated carbocycles. The van der Waals surface area contributed by atoms with Gasteiger partial charge in [0.15, 0.2) is 0 Å². The van der Waals surface area contributed by atoms with Crippen molar-refractivity contribution >= 4 is 27.5 Å². The quantitative estimate of drug-likeness (QED) is 0.662. The molecule has 1 aromatic carbocycles. The van der Waals surface area contributed by atoms with Crippen LogP contribution < -0.4 is 11.3 Å². The van der Waals surface area contributed by atoms with Gasteiger partial charge in [-0.25, -0.2) is 5.43 Å². The molecule has 1 atom stereocenters. The predicted molar refractivity (Wildman–Crippen MR) is 81.0 cm³/mol. The Morgan fingerprint density at radius 3 is 2.89 bits per heavy atom. The zero-order valence-electron chi connectivity index (χ0n) is 10.8. The van der Waals surface area contributed by atoms with Crippen LogP contribution in [0.2, 0.25) is 5.02 Å². The van der Waals surface area contributed by atoms with Crippen LogP contribution in [0, 0.1) is 6.92 Å². The van der Waals surface area contributed by atoms with Crippen molar-refractivity contribution in [3.8, 4) is 0 Å². The van der Waals surface area contributed by atoms with E-state index >= 15 is 0 Å². The minimum atomic E-state index is -0.188. The number of hydrazine groups is 1. The average Bonchev–Trinajstić information content (AvgIpc) is 2.76. The summed E-state index contributed by atoms with van der Waals surface area (Å²) in [6.45, 7) is 4.81. The Hall–Kier alpha value is -0.880. The number of nitrogens with one attached hydrogen (secondary N) is 1. The van der Waals surface area contributed by atoms with E-state index in [9.17, 15) is 0 Å². The van der Waals surface area contributed by atoms with Gasteiger partial charge in [0.2, 0.25) is 0 Å². The molecule has 0 spiro atoms. The summed E-state index contributed by atoms with van der Waals surface area (Å²) in [5.41, 5.74) is 5.94. The van der Waals surface area contributed by atoms with E-state index in [1.165, 1.54) is 0 Å². The molecule has 0 radical (unpaired) electrons. The number of benzene rings is 1. The molecule has 102 valence electrons. The minimum Gasteiger partial charge on any atom is -0.271 e. The third kappa shape index (κ3) is 2.84. The number of nitrogens with zero attached hydrogens (tertiary/aromatic N) is 2.